The summed E-state index contributed by atoms with van der Waals surface area (Å²) in [5.41, 5.74) is 5.93. The number of hydrogen-bond donors (Lipinski definition) is 1. The Bertz CT molecular complexity index is 224. The molecule has 18 heavy (non-hydrogen) atoms. The highest BCUT2D eigenvalue weighted by atomic mass is 15.3. The minimum atomic E-state index is 0.799. The predicted molar refractivity (Wildman–Crippen MR) is 77.7 cm³/mol. The topological polar surface area (TPSA) is 32.5 Å². The predicted octanol–water partition coefficient (Wildman–Crippen LogP) is 1.78. The van der Waals surface area contributed by atoms with Crippen molar-refractivity contribution in [3.63, 3.8) is 0 Å². The van der Waals surface area contributed by atoms with E-state index in [0.717, 1.165) is 18.4 Å². The highest BCUT2D eigenvalue weighted by molar-refractivity contribution is 4.81. The fraction of sp³-hybridized carbons (Fsp3) is 1.00. The Hall–Kier alpha value is -0.120. The Balaban J connectivity index is 1.73. The summed E-state index contributed by atoms with van der Waals surface area (Å²) in [5, 5.41) is 0. The molecule has 2 fully saturated rings. The van der Waals surface area contributed by atoms with Crippen molar-refractivity contribution < 1.29 is 0 Å². The molecule has 1 heterocycles. The summed E-state index contributed by atoms with van der Waals surface area (Å²) in [6.07, 6.45) is 6.91. The van der Waals surface area contributed by atoms with E-state index in [4.69, 9.17) is 5.73 Å². The third-order valence-electron chi connectivity index (χ3n) is 4.87. The molecule has 3 heteroatoms. The zero-order valence-electron chi connectivity index (χ0n) is 12.1. The molecular formula is C15H31N3. The molecule has 1 aliphatic heterocycles. The van der Waals surface area contributed by atoms with Crippen molar-refractivity contribution in [3.05, 3.63) is 0 Å². The molecule has 2 rings (SSSR count). The average Bonchev–Trinajstić information content (AvgIpc) is 2.42. The van der Waals surface area contributed by atoms with Crippen molar-refractivity contribution in [2.24, 2.45) is 17.6 Å². The highest BCUT2D eigenvalue weighted by Crippen LogP contribution is 2.30. The Morgan fingerprint density at radius 1 is 0.944 bits per heavy atom. The van der Waals surface area contributed by atoms with Gasteiger partial charge < -0.3 is 15.5 Å². The molecule has 0 bridgehead atoms. The lowest BCUT2D eigenvalue weighted by molar-refractivity contribution is 0.0933. The molecule has 1 saturated heterocycles. The van der Waals surface area contributed by atoms with E-state index in [9.17, 15) is 0 Å². The maximum atomic E-state index is 5.93. The fourth-order valence-corrected chi connectivity index (χ4v) is 3.68. The first-order valence-corrected chi connectivity index (χ1v) is 7.98. The second-order valence-corrected chi connectivity index (χ2v) is 6.18. The van der Waals surface area contributed by atoms with Crippen LogP contribution in [-0.4, -0.2) is 55.6 Å². The smallest absolute Gasteiger partial charge is 0.0110 e. The lowest BCUT2D eigenvalue weighted by Crippen LogP contribution is -2.49. The van der Waals surface area contributed by atoms with Crippen LogP contribution in [-0.2, 0) is 0 Å². The van der Waals surface area contributed by atoms with Crippen molar-refractivity contribution in [2.45, 2.75) is 39.0 Å². The summed E-state index contributed by atoms with van der Waals surface area (Å²) in [6.45, 7) is 10.9. The Labute approximate surface area is 113 Å². The zero-order valence-corrected chi connectivity index (χ0v) is 12.1. The van der Waals surface area contributed by atoms with Crippen LogP contribution in [0.5, 0.6) is 0 Å². The van der Waals surface area contributed by atoms with Crippen LogP contribution < -0.4 is 5.73 Å². The molecule has 2 aliphatic rings. The second-order valence-electron chi connectivity index (χ2n) is 6.18. The lowest BCUT2D eigenvalue weighted by Gasteiger charge is -2.39. The van der Waals surface area contributed by atoms with Crippen LogP contribution in [0.25, 0.3) is 0 Å². The Morgan fingerprint density at radius 3 is 2.17 bits per heavy atom. The SMILES string of the molecule is CCCN1CCN(CC2CCCCC2CN)CC1. The third kappa shape index (κ3) is 3.94. The van der Waals surface area contributed by atoms with E-state index < -0.39 is 0 Å². The van der Waals surface area contributed by atoms with Crippen LogP contribution >= 0.6 is 0 Å². The molecule has 1 saturated carbocycles. The van der Waals surface area contributed by atoms with Crippen molar-refractivity contribution in [1.82, 2.24) is 9.80 Å². The van der Waals surface area contributed by atoms with Crippen LogP contribution in [0.3, 0.4) is 0 Å². The molecule has 3 nitrogen and oxygen atoms in total. The Kier molecular flexibility index (Phi) is 5.93. The summed E-state index contributed by atoms with van der Waals surface area (Å²) in [6, 6.07) is 0. The van der Waals surface area contributed by atoms with Gasteiger partial charge in [0.1, 0.15) is 0 Å². The molecule has 0 aromatic rings. The number of nitrogens with zero attached hydrogens (tertiary/aromatic N) is 2. The van der Waals surface area contributed by atoms with Gasteiger partial charge in [0.15, 0.2) is 0 Å². The standard InChI is InChI=1S/C15H31N3/c1-2-7-17-8-10-18(11-9-17)13-15-6-4-3-5-14(15)12-16/h14-15H,2-13,16H2,1H3. The summed E-state index contributed by atoms with van der Waals surface area (Å²) in [4.78, 5) is 5.29. The molecule has 0 aromatic heterocycles. The van der Waals surface area contributed by atoms with Gasteiger partial charge in [-0.25, -0.2) is 0 Å². The van der Waals surface area contributed by atoms with Crippen molar-refractivity contribution in [3.8, 4) is 0 Å². The van der Waals surface area contributed by atoms with Gasteiger partial charge in [0.2, 0.25) is 0 Å². The van der Waals surface area contributed by atoms with Gasteiger partial charge >= 0.3 is 0 Å². The van der Waals surface area contributed by atoms with Crippen LogP contribution in [0.2, 0.25) is 0 Å². The molecule has 0 spiro atoms. The highest BCUT2D eigenvalue weighted by Gasteiger charge is 2.27. The van der Waals surface area contributed by atoms with Crippen molar-refractivity contribution in [1.29, 1.82) is 0 Å². The zero-order chi connectivity index (χ0) is 12.8. The van der Waals surface area contributed by atoms with Gasteiger partial charge in [0.25, 0.3) is 0 Å². The van der Waals surface area contributed by atoms with E-state index in [1.54, 1.807) is 0 Å². The van der Waals surface area contributed by atoms with Gasteiger partial charge in [-0.2, -0.15) is 0 Å². The molecule has 2 unspecified atom stereocenters. The summed E-state index contributed by atoms with van der Waals surface area (Å²) in [5.74, 6) is 1.67. The summed E-state index contributed by atoms with van der Waals surface area (Å²) < 4.78 is 0. The molecule has 0 aromatic carbocycles. The first-order chi connectivity index (χ1) is 8.83. The first-order valence-electron chi connectivity index (χ1n) is 7.98. The molecule has 1 aliphatic carbocycles. The monoisotopic (exact) mass is 253 g/mol. The number of nitrogens with two attached hydrogens (primary N) is 1. The number of rotatable bonds is 5. The summed E-state index contributed by atoms with van der Waals surface area (Å²) >= 11 is 0. The van der Waals surface area contributed by atoms with Crippen molar-refractivity contribution in [2.75, 3.05) is 45.8 Å². The van der Waals surface area contributed by atoms with Gasteiger partial charge in [0, 0.05) is 32.7 Å². The largest absolute Gasteiger partial charge is 0.330 e. The lowest BCUT2D eigenvalue weighted by atomic mass is 9.79. The molecule has 106 valence electrons. The van der Waals surface area contributed by atoms with Crippen LogP contribution in [0.1, 0.15) is 39.0 Å². The molecule has 2 N–H and O–H groups in total. The van der Waals surface area contributed by atoms with E-state index >= 15 is 0 Å². The third-order valence-corrected chi connectivity index (χ3v) is 4.87. The normalized spacial score (nSPS) is 31.7. The second kappa shape index (κ2) is 7.46. The van der Waals surface area contributed by atoms with Crippen molar-refractivity contribution >= 4 is 0 Å². The minimum absolute atomic E-state index is 0.799. The van der Waals surface area contributed by atoms with Gasteiger partial charge in [-0.15, -0.1) is 0 Å². The van der Waals surface area contributed by atoms with Crippen LogP contribution in [0, 0.1) is 11.8 Å². The molecule has 2 atom stereocenters. The molecule has 0 radical (unpaired) electrons. The van der Waals surface area contributed by atoms with Crippen LogP contribution in [0.4, 0.5) is 0 Å². The van der Waals surface area contributed by atoms with E-state index in [2.05, 4.69) is 16.7 Å². The minimum Gasteiger partial charge on any atom is -0.330 e. The summed E-state index contributed by atoms with van der Waals surface area (Å²) in [7, 11) is 0. The maximum absolute atomic E-state index is 5.93. The van der Waals surface area contributed by atoms with Gasteiger partial charge in [-0.05, 0) is 44.2 Å². The van der Waals surface area contributed by atoms with Gasteiger partial charge in [-0.3, -0.25) is 0 Å². The number of piperazine rings is 1. The fourth-order valence-electron chi connectivity index (χ4n) is 3.68. The molecular weight excluding hydrogens is 222 g/mol. The number of hydrogen-bond acceptors (Lipinski definition) is 3. The van der Waals surface area contributed by atoms with E-state index in [0.29, 0.717) is 0 Å². The average molecular weight is 253 g/mol. The molecule has 0 amide bonds. The van der Waals surface area contributed by atoms with E-state index in [1.165, 1.54) is 71.4 Å². The quantitative estimate of drug-likeness (QED) is 0.810. The maximum Gasteiger partial charge on any atom is 0.0110 e. The van der Waals surface area contributed by atoms with Crippen LogP contribution in [0.15, 0.2) is 0 Å². The Morgan fingerprint density at radius 2 is 1.56 bits per heavy atom. The van der Waals surface area contributed by atoms with E-state index in [1.807, 2.05) is 0 Å². The first kappa shape index (κ1) is 14.3. The van der Waals surface area contributed by atoms with E-state index in [-0.39, 0.29) is 0 Å². The van der Waals surface area contributed by atoms with Gasteiger partial charge in [0.05, 0.1) is 0 Å². The van der Waals surface area contributed by atoms with Gasteiger partial charge in [-0.1, -0.05) is 19.8 Å².